The molecule has 0 bridgehead atoms. The summed E-state index contributed by atoms with van der Waals surface area (Å²) in [5.74, 6) is -0.651. The lowest BCUT2D eigenvalue weighted by Gasteiger charge is -2.24. The van der Waals surface area contributed by atoms with Crippen molar-refractivity contribution in [2.75, 3.05) is 5.32 Å². The van der Waals surface area contributed by atoms with Crippen LogP contribution in [0.4, 0.5) is 9.52 Å². The predicted molar refractivity (Wildman–Crippen MR) is 107 cm³/mol. The number of nitrogens with one attached hydrogen (secondary N) is 2. The van der Waals surface area contributed by atoms with E-state index in [4.69, 9.17) is 0 Å². The number of rotatable bonds is 7. The first kappa shape index (κ1) is 20.4. The molecule has 1 aromatic carbocycles. The van der Waals surface area contributed by atoms with Crippen molar-refractivity contribution in [3.8, 4) is 10.6 Å². The van der Waals surface area contributed by atoms with E-state index in [1.165, 1.54) is 23.5 Å². The minimum atomic E-state index is -0.615. The van der Waals surface area contributed by atoms with Crippen LogP contribution in [0.15, 0.2) is 24.3 Å². The van der Waals surface area contributed by atoms with Crippen molar-refractivity contribution in [1.29, 1.82) is 0 Å². The van der Waals surface area contributed by atoms with Gasteiger partial charge in [0, 0.05) is 11.5 Å². The van der Waals surface area contributed by atoms with Gasteiger partial charge in [-0.05, 0) is 43.0 Å². The molecule has 1 aliphatic carbocycles. The van der Waals surface area contributed by atoms with Crippen LogP contribution < -0.4 is 10.6 Å². The molecule has 8 heteroatoms. The van der Waals surface area contributed by atoms with E-state index in [9.17, 15) is 14.0 Å². The molecule has 0 radical (unpaired) electrons. The van der Waals surface area contributed by atoms with Crippen LogP contribution in [-0.2, 0) is 9.59 Å². The Balaban J connectivity index is 1.67. The van der Waals surface area contributed by atoms with Crippen molar-refractivity contribution < 1.29 is 14.0 Å². The molecule has 0 aliphatic heterocycles. The van der Waals surface area contributed by atoms with Crippen LogP contribution in [0.25, 0.3) is 10.6 Å². The van der Waals surface area contributed by atoms with Crippen LogP contribution in [-0.4, -0.2) is 28.1 Å². The highest BCUT2D eigenvalue weighted by Gasteiger charge is 2.30. The number of halogens is 1. The van der Waals surface area contributed by atoms with Crippen molar-refractivity contribution in [3.63, 3.8) is 0 Å². The summed E-state index contributed by atoms with van der Waals surface area (Å²) in [6.45, 7) is 3.94. The molecule has 2 atom stereocenters. The van der Waals surface area contributed by atoms with Gasteiger partial charge in [-0.15, -0.1) is 10.2 Å². The third-order valence-corrected chi connectivity index (χ3v) is 6.15. The Bertz CT molecular complexity index is 818. The smallest absolute Gasteiger partial charge is 0.249 e. The van der Waals surface area contributed by atoms with E-state index >= 15 is 0 Å². The molecule has 2 aromatic rings. The molecule has 1 aromatic heterocycles. The van der Waals surface area contributed by atoms with Crippen LogP contribution in [0, 0.1) is 17.7 Å². The molecule has 1 aliphatic rings. The van der Waals surface area contributed by atoms with E-state index in [1.807, 2.05) is 13.8 Å². The van der Waals surface area contributed by atoms with E-state index in [-0.39, 0.29) is 29.5 Å². The number of benzene rings is 1. The maximum absolute atomic E-state index is 13.1. The summed E-state index contributed by atoms with van der Waals surface area (Å²) in [7, 11) is 0. The van der Waals surface area contributed by atoms with Crippen LogP contribution in [0.2, 0.25) is 0 Å². The second-order valence-electron chi connectivity index (χ2n) is 7.26. The highest BCUT2D eigenvalue weighted by atomic mass is 32.1. The first-order chi connectivity index (χ1) is 13.5. The van der Waals surface area contributed by atoms with Crippen LogP contribution in [0.3, 0.4) is 0 Å². The van der Waals surface area contributed by atoms with E-state index < -0.39 is 6.04 Å². The molecular weight excluding hydrogens is 379 g/mol. The molecule has 0 spiro atoms. The third-order valence-electron chi connectivity index (χ3n) is 5.27. The largest absolute Gasteiger partial charge is 0.344 e. The SMILES string of the molecule is CC[C@H](C)[C@H](NC(=O)C1CCCC1)C(=O)Nc1nnc(-c2ccc(F)cc2)s1. The summed E-state index contributed by atoms with van der Waals surface area (Å²) >= 11 is 1.21. The first-order valence-electron chi connectivity index (χ1n) is 9.68. The second-order valence-corrected chi connectivity index (χ2v) is 8.24. The average molecular weight is 405 g/mol. The first-order valence-corrected chi connectivity index (χ1v) is 10.5. The molecule has 150 valence electrons. The normalized spacial score (nSPS) is 16.5. The van der Waals surface area contributed by atoms with Crippen molar-refractivity contribution in [2.45, 2.75) is 52.0 Å². The molecule has 1 heterocycles. The van der Waals surface area contributed by atoms with E-state index in [0.29, 0.717) is 10.1 Å². The summed E-state index contributed by atoms with van der Waals surface area (Å²) in [5.41, 5.74) is 0.729. The fourth-order valence-corrected chi connectivity index (χ4v) is 4.08. The summed E-state index contributed by atoms with van der Waals surface area (Å²) in [4.78, 5) is 25.3. The van der Waals surface area contributed by atoms with Gasteiger partial charge in [0.15, 0.2) is 0 Å². The lowest BCUT2D eigenvalue weighted by Crippen LogP contribution is -2.49. The fourth-order valence-electron chi connectivity index (χ4n) is 3.33. The van der Waals surface area contributed by atoms with Crippen LogP contribution in [0.1, 0.15) is 46.0 Å². The highest BCUT2D eigenvalue weighted by molar-refractivity contribution is 7.18. The van der Waals surface area contributed by atoms with Crippen molar-refractivity contribution in [1.82, 2.24) is 15.5 Å². The summed E-state index contributed by atoms with van der Waals surface area (Å²) in [5, 5.41) is 14.7. The van der Waals surface area contributed by atoms with Gasteiger partial charge in [-0.25, -0.2) is 4.39 Å². The predicted octanol–water partition coefficient (Wildman–Crippen LogP) is 4.00. The standard InChI is InChI=1S/C20H25FN4O2S/c1-3-12(2)16(22-17(26)13-6-4-5-7-13)18(27)23-20-25-24-19(28-20)14-8-10-15(21)11-9-14/h8-13,16H,3-7H2,1-2H3,(H,22,26)(H,23,25,27)/t12-,16-/m0/s1. The monoisotopic (exact) mass is 404 g/mol. The highest BCUT2D eigenvalue weighted by Crippen LogP contribution is 2.27. The van der Waals surface area contributed by atoms with Crippen molar-refractivity contribution >= 4 is 28.3 Å². The summed E-state index contributed by atoms with van der Waals surface area (Å²) < 4.78 is 13.1. The van der Waals surface area contributed by atoms with Gasteiger partial charge < -0.3 is 5.32 Å². The van der Waals surface area contributed by atoms with Gasteiger partial charge in [0.05, 0.1) is 0 Å². The number of aromatic nitrogens is 2. The molecule has 2 amide bonds. The minimum absolute atomic E-state index is 0.00477. The zero-order chi connectivity index (χ0) is 20.1. The number of carbonyl (C=O) groups excluding carboxylic acids is 2. The maximum atomic E-state index is 13.1. The molecular formula is C20H25FN4O2S. The number of hydrogen-bond donors (Lipinski definition) is 2. The lowest BCUT2D eigenvalue weighted by atomic mass is 9.97. The third kappa shape index (κ3) is 4.92. The Morgan fingerprint density at radius 2 is 1.89 bits per heavy atom. The number of anilines is 1. The van der Waals surface area contributed by atoms with Gasteiger partial charge >= 0.3 is 0 Å². The number of nitrogens with zero attached hydrogens (tertiary/aromatic N) is 2. The van der Waals surface area contributed by atoms with Gasteiger partial charge in [-0.2, -0.15) is 0 Å². The maximum Gasteiger partial charge on any atom is 0.249 e. The van der Waals surface area contributed by atoms with Crippen LogP contribution >= 0.6 is 11.3 Å². The molecule has 0 unspecified atom stereocenters. The van der Waals surface area contributed by atoms with Gasteiger partial charge in [-0.1, -0.05) is 44.4 Å². The molecule has 2 N–H and O–H groups in total. The Morgan fingerprint density at radius 3 is 2.54 bits per heavy atom. The van der Waals surface area contributed by atoms with Crippen molar-refractivity contribution in [2.24, 2.45) is 11.8 Å². The average Bonchev–Trinajstić information content (AvgIpc) is 3.38. The van der Waals surface area contributed by atoms with Crippen molar-refractivity contribution in [3.05, 3.63) is 30.1 Å². The number of hydrogen-bond acceptors (Lipinski definition) is 5. The van der Waals surface area contributed by atoms with E-state index in [1.54, 1.807) is 12.1 Å². The molecule has 3 rings (SSSR count). The van der Waals surface area contributed by atoms with E-state index in [0.717, 1.165) is 37.7 Å². The second kappa shape index (κ2) is 9.23. The van der Waals surface area contributed by atoms with E-state index in [2.05, 4.69) is 20.8 Å². The zero-order valence-electron chi connectivity index (χ0n) is 16.1. The van der Waals surface area contributed by atoms with Crippen LogP contribution in [0.5, 0.6) is 0 Å². The molecule has 1 fully saturated rings. The Labute approximate surface area is 167 Å². The summed E-state index contributed by atoms with van der Waals surface area (Å²) in [6, 6.07) is 5.33. The Hall–Kier alpha value is -2.35. The topological polar surface area (TPSA) is 84.0 Å². The minimum Gasteiger partial charge on any atom is -0.344 e. The lowest BCUT2D eigenvalue weighted by molar-refractivity contribution is -0.130. The molecule has 28 heavy (non-hydrogen) atoms. The molecule has 6 nitrogen and oxygen atoms in total. The fraction of sp³-hybridized carbons (Fsp3) is 0.500. The summed E-state index contributed by atoms with van der Waals surface area (Å²) in [6.07, 6.45) is 4.67. The quantitative estimate of drug-likeness (QED) is 0.730. The van der Waals surface area contributed by atoms with Gasteiger partial charge in [0.1, 0.15) is 16.9 Å². The molecule has 1 saturated carbocycles. The van der Waals surface area contributed by atoms with Gasteiger partial charge in [-0.3, -0.25) is 14.9 Å². The Kier molecular flexibility index (Phi) is 6.72. The Morgan fingerprint density at radius 1 is 1.21 bits per heavy atom. The number of carbonyl (C=O) groups is 2. The van der Waals surface area contributed by atoms with Gasteiger partial charge in [0.25, 0.3) is 0 Å². The number of amides is 2. The zero-order valence-corrected chi connectivity index (χ0v) is 16.9. The van der Waals surface area contributed by atoms with Gasteiger partial charge in [0.2, 0.25) is 16.9 Å². The molecule has 0 saturated heterocycles.